The maximum Gasteiger partial charge on any atom is 0.189 e. The van der Waals surface area contributed by atoms with Gasteiger partial charge in [-0.05, 0) is 55.7 Å². The first-order valence-electron chi connectivity index (χ1n) is 7.13. The predicted octanol–water partition coefficient (Wildman–Crippen LogP) is 2.46. The van der Waals surface area contributed by atoms with Crippen molar-refractivity contribution >= 4 is 29.9 Å². The highest BCUT2D eigenvalue weighted by atomic mass is 127. The minimum atomic E-state index is 0. The molecule has 0 aliphatic heterocycles. The van der Waals surface area contributed by atoms with Crippen molar-refractivity contribution in [2.45, 2.75) is 51.1 Å². The van der Waals surface area contributed by atoms with Gasteiger partial charge >= 0.3 is 0 Å². The topological polar surface area (TPSA) is 70.6 Å². The Labute approximate surface area is 136 Å². The third kappa shape index (κ3) is 3.56. The highest BCUT2D eigenvalue weighted by molar-refractivity contribution is 14.0. The first-order valence-corrected chi connectivity index (χ1v) is 7.13. The molecule has 20 heavy (non-hydrogen) atoms. The minimum absolute atomic E-state index is 0. The van der Waals surface area contributed by atoms with Crippen LogP contribution in [0.1, 0.15) is 42.4 Å². The van der Waals surface area contributed by atoms with Gasteiger partial charge in [-0.1, -0.05) is 6.07 Å². The van der Waals surface area contributed by atoms with Crippen LogP contribution in [0.3, 0.4) is 0 Å². The molecule has 5 heteroatoms. The average Bonchev–Trinajstić information content (AvgIpc) is 3.21. The fourth-order valence-electron chi connectivity index (χ4n) is 2.72. The van der Waals surface area contributed by atoms with E-state index < -0.39 is 0 Å². The number of hydrogen-bond acceptors (Lipinski definition) is 2. The molecule has 0 spiro atoms. The van der Waals surface area contributed by atoms with E-state index in [1.54, 1.807) is 6.07 Å². The minimum Gasteiger partial charge on any atom is -0.508 e. The van der Waals surface area contributed by atoms with Crippen molar-refractivity contribution in [2.75, 3.05) is 0 Å². The largest absolute Gasteiger partial charge is 0.508 e. The number of nitrogens with two attached hydrogens (primary N) is 1. The maximum atomic E-state index is 10.0. The Morgan fingerprint density at radius 1 is 1.30 bits per heavy atom. The summed E-state index contributed by atoms with van der Waals surface area (Å²) in [5, 5.41) is 13.2. The van der Waals surface area contributed by atoms with Crippen LogP contribution in [0.15, 0.2) is 17.1 Å². The van der Waals surface area contributed by atoms with Gasteiger partial charge in [0.05, 0.1) is 6.54 Å². The van der Waals surface area contributed by atoms with Crippen LogP contribution in [-0.2, 0) is 19.4 Å². The molecule has 0 unspecified atom stereocenters. The Balaban J connectivity index is 0.00000147. The third-order valence-corrected chi connectivity index (χ3v) is 3.96. The molecule has 110 valence electrons. The van der Waals surface area contributed by atoms with Crippen molar-refractivity contribution in [3.05, 3.63) is 28.8 Å². The number of rotatable bonds is 3. The van der Waals surface area contributed by atoms with Crippen molar-refractivity contribution < 1.29 is 5.11 Å². The Hall–Kier alpha value is -0.980. The van der Waals surface area contributed by atoms with Gasteiger partial charge in [-0.3, -0.25) is 0 Å². The van der Waals surface area contributed by atoms with Crippen molar-refractivity contribution in [3.63, 3.8) is 0 Å². The number of aromatic hydroxyl groups is 1. The second kappa shape index (κ2) is 6.65. The van der Waals surface area contributed by atoms with Gasteiger partial charge in [0, 0.05) is 11.6 Å². The first-order chi connectivity index (χ1) is 9.24. The van der Waals surface area contributed by atoms with E-state index in [0.29, 0.717) is 24.3 Å². The standard InChI is InChI=1S/C15H21N3O.HI/c16-15(18-11-6-7-11)17-9-13-12-4-2-1-3-10(12)5-8-14(13)19;/h5,8,11,19H,1-4,6-7,9H2,(H3,16,17,18);1H. The van der Waals surface area contributed by atoms with Crippen molar-refractivity contribution in [1.29, 1.82) is 0 Å². The lowest BCUT2D eigenvalue weighted by molar-refractivity contribution is 0.465. The number of benzene rings is 1. The predicted molar refractivity (Wildman–Crippen MR) is 91.6 cm³/mol. The van der Waals surface area contributed by atoms with E-state index in [1.807, 2.05) is 6.07 Å². The molecule has 1 fully saturated rings. The molecule has 2 aliphatic rings. The van der Waals surface area contributed by atoms with E-state index in [9.17, 15) is 5.11 Å². The van der Waals surface area contributed by atoms with Gasteiger partial charge in [0.15, 0.2) is 5.96 Å². The zero-order valence-electron chi connectivity index (χ0n) is 11.6. The SMILES string of the molecule is I.NC(=NCc1c(O)ccc2c1CCCC2)NC1CC1. The molecule has 0 bridgehead atoms. The molecule has 4 nitrogen and oxygen atoms in total. The summed E-state index contributed by atoms with van der Waals surface area (Å²) in [6.45, 7) is 0.473. The third-order valence-electron chi connectivity index (χ3n) is 3.96. The average molecular weight is 387 g/mol. The number of halogens is 1. The fraction of sp³-hybridized carbons (Fsp3) is 0.533. The Morgan fingerprint density at radius 2 is 2.05 bits per heavy atom. The van der Waals surface area contributed by atoms with Gasteiger partial charge in [0.2, 0.25) is 0 Å². The molecular formula is C15H22IN3O. The molecule has 0 heterocycles. The summed E-state index contributed by atoms with van der Waals surface area (Å²) < 4.78 is 0. The quantitative estimate of drug-likeness (QED) is 0.424. The molecule has 0 radical (unpaired) electrons. The molecule has 4 N–H and O–H groups in total. The van der Waals surface area contributed by atoms with Gasteiger partial charge in [-0.25, -0.2) is 4.99 Å². The van der Waals surface area contributed by atoms with Gasteiger partial charge in [-0.2, -0.15) is 0 Å². The summed E-state index contributed by atoms with van der Waals surface area (Å²) in [6, 6.07) is 4.35. The van der Waals surface area contributed by atoms with Gasteiger partial charge in [0.25, 0.3) is 0 Å². The first kappa shape index (κ1) is 15.4. The van der Waals surface area contributed by atoms with Crippen LogP contribution in [0, 0.1) is 0 Å². The van der Waals surface area contributed by atoms with Gasteiger partial charge < -0.3 is 16.2 Å². The molecule has 0 amide bonds. The number of nitrogens with zero attached hydrogens (tertiary/aromatic N) is 1. The van der Waals surface area contributed by atoms with Crippen LogP contribution in [0.25, 0.3) is 0 Å². The summed E-state index contributed by atoms with van der Waals surface area (Å²) >= 11 is 0. The lowest BCUT2D eigenvalue weighted by Gasteiger charge is -2.19. The van der Waals surface area contributed by atoms with Crippen molar-refractivity contribution in [3.8, 4) is 5.75 Å². The normalized spacial score (nSPS) is 18.1. The second-order valence-corrected chi connectivity index (χ2v) is 5.53. The lowest BCUT2D eigenvalue weighted by Crippen LogP contribution is -2.33. The smallest absolute Gasteiger partial charge is 0.189 e. The maximum absolute atomic E-state index is 10.0. The number of aliphatic imine (C=N–C) groups is 1. The molecule has 0 saturated heterocycles. The molecule has 0 atom stereocenters. The Bertz CT molecular complexity index is 512. The van der Waals surface area contributed by atoms with E-state index >= 15 is 0 Å². The molecule has 2 aliphatic carbocycles. The second-order valence-electron chi connectivity index (χ2n) is 5.53. The molecule has 1 aromatic carbocycles. The van der Waals surface area contributed by atoms with Crippen molar-refractivity contribution in [1.82, 2.24) is 5.32 Å². The number of hydrogen-bond donors (Lipinski definition) is 3. The lowest BCUT2D eigenvalue weighted by atomic mass is 9.88. The Kier molecular flexibility index (Phi) is 5.12. The number of phenols is 1. The number of aryl methyl sites for hydroxylation is 1. The monoisotopic (exact) mass is 387 g/mol. The van der Waals surface area contributed by atoms with E-state index in [4.69, 9.17) is 5.73 Å². The van der Waals surface area contributed by atoms with E-state index in [1.165, 1.54) is 36.8 Å². The number of nitrogens with one attached hydrogen (secondary N) is 1. The fourth-order valence-corrected chi connectivity index (χ4v) is 2.72. The van der Waals surface area contributed by atoms with E-state index in [2.05, 4.69) is 10.3 Å². The zero-order valence-corrected chi connectivity index (χ0v) is 13.9. The molecule has 1 aromatic rings. The number of guanidine groups is 1. The number of phenolic OH excluding ortho intramolecular Hbond substituents is 1. The van der Waals surface area contributed by atoms with Crippen LogP contribution in [0.5, 0.6) is 5.75 Å². The van der Waals surface area contributed by atoms with Crippen molar-refractivity contribution in [2.24, 2.45) is 10.7 Å². The molecule has 0 aromatic heterocycles. The summed E-state index contributed by atoms with van der Waals surface area (Å²) in [7, 11) is 0. The molecule has 3 rings (SSSR count). The summed E-state index contributed by atoms with van der Waals surface area (Å²) in [5.74, 6) is 0.846. The van der Waals surface area contributed by atoms with E-state index in [0.717, 1.165) is 18.4 Å². The highest BCUT2D eigenvalue weighted by Crippen LogP contribution is 2.31. The molecule has 1 saturated carbocycles. The summed E-state index contributed by atoms with van der Waals surface area (Å²) in [6.07, 6.45) is 6.96. The Morgan fingerprint density at radius 3 is 2.80 bits per heavy atom. The van der Waals surface area contributed by atoms with Crippen LogP contribution in [0.2, 0.25) is 0 Å². The molecular weight excluding hydrogens is 365 g/mol. The summed E-state index contributed by atoms with van der Waals surface area (Å²) in [5.41, 5.74) is 9.45. The van der Waals surface area contributed by atoms with Crippen LogP contribution in [-0.4, -0.2) is 17.1 Å². The van der Waals surface area contributed by atoms with Crippen LogP contribution >= 0.6 is 24.0 Å². The van der Waals surface area contributed by atoms with Crippen LogP contribution < -0.4 is 11.1 Å². The van der Waals surface area contributed by atoms with Gasteiger partial charge in [0.1, 0.15) is 5.75 Å². The summed E-state index contributed by atoms with van der Waals surface area (Å²) in [4.78, 5) is 4.37. The van der Waals surface area contributed by atoms with E-state index in [-0.39, 0.29) is 24.0 Å². The van der Waals surface area contributed by atoms with Crippen LogP contribution in [0.4, 0.5) is 0 Å². The highest BCUT2D eigenvalue weighted by Gasteiger charge is 2.21. The number of fused-ring (bicyclic) bond motifs is 1. The zero-order chi connectivity index (χ0) is 13.2. The van der Waals surface area contributed by atoms with Gasteiger partial charge in [-0.15, -0.1) is 24.0 Å².